The normalized spacial score (nSPS) is 28.5. The first-order valence-corrected chi connectivity index (χ1v) is 9.79. The predicted molar refractivity (Wildman–Crippen MR) is 96.7 cm³/mol. The number of aliphatic carboxylic acids is 1. The molecule has 6 nitrogen and oxygen atoms in total. The molecule has 3 fully saturated rings. The van der Waals surface area contributed by atoms with Crippen molar-refractivity contribution in [2.24, 2.45) is 5.92 Å². The van der Waals surface area contributed by atoms with Gasteiger partial charge in [-0.25, -0.2) is 0 Å². The second-order valence-corrected chi connectivity index (χ2v) is 7.97. The van der Waals surface area contributed by atoms with Crippen LogP contribution in [0.1, 0.15) is 50.0 Å². The Kier molecular flexibility index (Phi) is 4.69. The second kappa shape index (κ2) is 6.99. The molecular formula is C20H27N3O3. The highest BCUT2D eigenvalue weighted by atomic mass is 16.4. The first-order valence-electron chi connectivity index (χ1n) is 9.79. The average Bonchev–Trinajstić information content (AvgIpc) is 3.42. The largest absolute Gasteiger partial charge is 0.481 e. The van der Waals surface area contributed by atoms with Crippen molar-refractivity contribution in [3.63, 3.8) is 0 Å². The minimum Gasteiger partial charge on any atom is -0.481 e. The maximum absolute atomic E-state index is 13.6. The number of aromatic nitrogens is 1. The van der Waals surface area contributed by atoms with Gasteiger partial charge in [-0.2, -0.15) is 0 Å². The van der Waals surface area contributed by atoms with E-state index in [0.717, 1.165) is 57.2 Å². The first kappa shape index (κ1) is 17.5. The zero-order valence-corrected chi connectivity index (χ0v) is 15.1. The second-order valence-electron chi connectivity index (χ2n) is 7.97. The molecule has 140 valence electrons. The van der Waals surface area contributed by atoms with E-state index in [-0.39, 0.29) is 17.4 Å². The van der Waals surface area contributed by atoms with Crippen molar-refractivity contribution in [1.82, 2.24) is 14.8 Å². The highest BCUT2D eigenvalue weighted by Crippen LogP contribution is 2.41. The molecule has 2 atom stereocenters. The topological polar surface area (TPSA) is 73.7 Å². The molecule has 1 N–H and O–H groups in total. The van der Waals surface area contributed by atoms with Crippen LogP contribution in [0.25, 0.3) is 0 Å². The minimum atomic E-state index is -0.816. The molecule has 1 amide bonds. The number of hydrogen-bond donors (Lipinski definition) is 1. The Morgan fingerprint density at radius 2 is 1.69 bits per heavy atom. The maximum Gasteiger partial charge on any atom is 0.308 e. The smallest absolute Gasteiger partial charge is 0.308 e. The fourth-order valence-corrected chi connectivity index (χ4v) is 5.23. The van der Waals surface area contributed by atoms with Gasteiger partial charge in [-0.15, -0.1) is 0 Å². The summed E-state index contributed by atoms with van der Waals surface area (Å²) in [7, 11) is 0. The molecule has 4 rings (SSSR count). The summed E-state index contributed by atoms with van der Waals surface area (Å²) in [5, 5.41) is 9.72. The average molecular weight is 357 g/mol. The number of rotatable bonds is 4. The van der Waals surface area contributed by atoms with Crippen LogP contribution in [-0.2, 0) is 9.59 Å². The van der Waals surface area contributed by atoms with E-state index in [1.807, 2.05) is 17.0 Å². The number of hydrogen-bond acceptors (Lipinski definition) is 4. The summed E-state index contributed by atoms with van der Waals surface area (Å²) in [6.45, 7) is 2.80. The number of nitrogens with zero attached hydrogens (tertiary/aromatic N) is 3. The van der Waals surface area contributed by atoms with E-state index >= 15 is 0 Å². The van der Waals surface area contributed by atoms with Crippen molar-refractivity contribution in [2.75, 3.05) is 26.2 Å². The van der Waals surface area contributed by atoms with Crippen LogP contribution in [0.5, 0.6) is 0 Å². The van der Waals surface area contributed by atoms with Crippen molar-refractivity contribution in [2.45, 2.75) is 50.0 Å². The molecule has 0 bridgehead atoms. The highest BCUT2D eigenvalue weighted by molar-refractivity contribution is 5.88. The van der Waals surface area contributed by atoms with Crippen molar-refractivity contribution < 1.29 is 14.7 Å². The predicted octanol–water partition coefficient (Wildman–Crippen LogP) is 2.12. The molecular weight excluding hydrogens is 330 g/mol. The molecule has 1 aliphatic carbocycles. The lowest BCUT2D eigenvalue weighted by Gasteiger charge is -2.40. The summed E-state index contributed by atoms with van der Waals surface area (Å²) in [5.74, 6) is -1.35. The highest BCUT2D eigenvalue weighted by Gasteiger charge is 2.51. The van der Waals surface area contributed by atoms with E-state index in [1.165, 1.54) is 0 Å². The van der Waals surface area contributed by atoms with E-state index in [2.05, 4.69) is 9.88 Å². The van der Waals surface area contributed by atoms with Gasteiger partial charge in [-0.3, -0.25) is 19.5 Å². The van der Waals surface area contributed by atoms with Crippen LogP contribution >= 0.6 is 0 Å². The Morgan fingerprint density at radius 1 is 1.04 bits per heavy atom. The molecule has 1 aromatic rings. The first-order chi connectivity index (χ1) is 12.6. The number of carbonyl (C=O) groups is 2. The summed E-state index contributed by atoms with van der Waals surface area (Å²) in [6.07, 6.45) is 9.72. The van der Waals surface area contributed by atoms with Gasteiger partial charge in [-0.1, -0.05) is 12.8 Å². The van der Waals surface area contributed by atoms with Crippen LogP contribution < -0.4 is 0 Å². The Hall–Kier alpha value is -1.95. The van der Waals surface area contributed by atoms with E-state index in [4.69, 9.17) is 0 Å². The zero-order chi connectivity index (χ0) is 18.1. The number of carboxylic acid groups (broad SMARTS) is 1. The molecule has 1 aromatic heterocycles. The van der Waals surface area contributed by atoms with Gasteiger partial charge in [0.15, 0.2) is 0 Å². The van der Waals surface area contributed by atoms with Crippen LogP contribution in [0.15, 0.2) is 24.5 Å². The molecule has 0 radical (unpaired) electrons. The Bertz CT molecular complexity index is 666. The molecule has 6 heteroatoms. The Labute approximate surface area is 154 Å². The van der Waals surface area contributed by atoms with Gasteiger partial charge in [0.25, 0.3) is 0 Å². The zero-order valence-electron chi connectivity index (χ0n) is 15.1. The van der Waals surface area contributed by atoms with Gasteiger partial charge in [0.05, 0.1) is 5.92 Å². The monoisotopic (exact) mass is 357 g/mol. The molecule has 3 heterocycles. The summed E-state index contributed by atoms with van der Waals surface area (Å²) in [4.78, 5) is 33.7. The third kappa shape index (κ3) is 2.90. The van der Waals surface area contributed by atoms with Crippen molar-refractivity contribution in [1.29, 1.82) is 0 Å². The lowest BCUT2D eigenvalue weighted by molar-refractivity contribution is -0.144. The van der Waals surface area contributed by atoms with Gasteiger partial charge in [-0.05, 0) is 56.5 Å². The van der Waals surface area contributed by atoms with E-state index < -0.39 is 11.9 Å². The number of pyridine rings is 1. The quantitative estimate of drug-likeness (QED) is 0.893. The third-order valence-corrected chi connectivity index (χ3v) is 6.60. The molecule has 3 aliphatic rings. The van der Waals surface area contributed by atoms with Crippen LogP contribution in [0.2, 0.25) is 0 Å². The van der Waals surface area contributed by atoms with E-state index in [1.54, 1.807) is 12.4 Å². The number of carbonyl (C=O) groups excluding carboxylic acids is 1. The lowest BCUT2D eigenvalue weighted by atomic mass is 9.90. The molecule has 0 aromatic carbocycles. The van der Waals surface area contributed by atoms with Crippen molar-refractivity contribution >= 4 is 11.9 Å². The number of amides is 1. The van der Waals surface area contributed by atoms with Crippen LogP contribution in [-0.4, -0.2) is 63.5 Å². The summed E-state index contributed by atoms with van der Waals surface area (Å²) >= 11 is 0. The Morgan fingerprint density at radius 3 is 2.31 bits per heavy atom. The van der Waals surface area contributed by atoms with Gasteiger partial charge >= 0.3 is 5.97 Å². The van der Waals surface area contributed by atoms with Crippen LogP contribution in [0, 0.1) is 5.92 Å². The SMILES string of the molecule is O=C(O)[C@@H]1CN(C(=O)C2(N3CCCC3)CCCC2)C[C@H]1c1ccncc1. The summed E-state index contributed by atoms with van der Waals surface area (Å²) < 4.78 is 0. The molecule has 2 saturated heterocycles. The van der Waals surface area contributed by atoms with Gasteiger partial charge in [0.2, 0.25) is 5.91 Å². The standard InChI is InChI=1S/C20H27N3O3/c24-18(25)17-14-22(13-16(17)15-5-9-21-10-6-15)19(26)20(7-1-2-8-20)23-11-3-4-12-23/h5-6,9-10,16-17H,1-4,7-8,11-14H2,(H,24,25)/t16-,17+/m0/s1. The minimum absolute atomic E-state index is 0.156. The molecule has 26 heavy (non-hydrogen) atoms. The fraction of sp³-hybridized carbons (Fsp3) is 0.650. The van der Waals surface area contributed by atoms with Gasteiger partial charge < -0.3 is 10.0 Å². The molecule has 0 unspecified atom stereocenters. The molecule has 2 aliphatic heterocycles. The third-order valence-electron chi connectivity index (χ3n) is 6.60. The van der Waals surface area contributed by atoms with Gasteiger partial charge in [0.1, 0.15) is 5.54 Å². The van der Waals surface area contributed by atoms with Crippen LogP contribution in [0.4, 0.5) is 0 Å². The summed E-state index contributed by atoms with van der Waals surface area (Å²) in [5.41, 5.74) is 0.580. The van der Waals surface area contributed by atoms with E-state index in [9.17, 15) is 14.7 Å². The van der Waals surface area contributed by atoms with Gasteiger partial charge in [0, 0.05) is 31.4 Å². The number of carboxylic acids is 1. The van der Waals surface area contributed by atoms with E-state index in [0.29, 0.717) is 13.1 Å². The van der Waals surface area contributed by atoms with Crippen molar-refractivity contribution in [3.05, 3.63) is 30.1 Å². The maximum atomic E-state index is 13.6. The molecule has 0 spiro atoms. The van der Waals surface area contributed by atoms with Crippen molar-refractivity contribution in [3.8, 4) is 0 Å². The fourth-order valence-electron chi connectivity index (χ4n) is 5.23. The van der Waals surface area contributed by atoms with Crippen LogP contribution in [0.3, 0.4) is 0 Å². The number of likely N-dealkylation sites (tertiary alicyclic amines) is 2. The Balaban J connectivity index is 1.59. The molecule has 1 saturated carbocycles. The lowest BCUT2D eigenvalue weighted by Crippen LogP contribution is -2.57. The summed E-state index contributed by atoms with van der Waals surface area (Å²) in [6, 6.07) is 3.75.